The Balaban J connectivity index is 2.53. The number of aliphatic hydroxyl groups is 1. The summed E-state index contributed by atoms with van der Waals surface area (Å²) in [7, 11) is 0. The summed E-state index contributed by atoms with van der Waals surface area (Å²) in [4.78, 5) is 52.8. The highest BCUT2D eigenvalue weighted by atomic mass is 16.6. The predicted molar refractivity (Wildman–Crippen MR) is 143 cm³/mol. The minimum atomic E-state index is -1.45. The summed E-state index contributed by atoms with van der Waals surface area (Å²) in [5.41, 5.74) is 6.76. The lowest BCUT2D eigenvalue weighted by molar-refractivity contribution is -0.142. The highest BCUT2D eigenvalue weighted by Gasteiger charge is 2.37. The van der Waals surface area contributed by atoms with Gasteiger partial charge in [-0.2, -0.15) is 0 Å². The number of carbonyl (C=O) groups excluding carboxylic acids is 4. The van der Waals surface area contributed by atoms with Crippen molar-refractivity contribution >= 4 is 29.5 Å². The van der Waals surface area contributed by atoms with E-state index in [0.717, 1.165) is 10.5 Å². The van der Waals surface area contributed by atoms with Gasteiger partial charge in [-0.15, -0.1) is 6.42 Å². The molecule has 2 rings (SSSR count). The van der Waals surface area contributed by atoms with E-state index in [9.17, 15) is 24.3 Å². The predicted octanol–water partition coefficient (Wildman–Crippen LogP) is 2.25. The first-order valence-corrected chi connectivity index (χ1v) is 12.0. The van der Waals surface area contributed by atoms with E-state index in [-0.39, 0.29) is 6.54 Å². The van der Waals surface area contributed by atoms with Crippen LogP contribution in [-0.4, -0.2) is 58.6 Å². The van der Waals surface area contributed by atoms with Crippen molar-refractivity contribution in [1.29, 1.82) is 0 Å². The summed E-state index contributed by atoms with van der Waals surface area (Å²) in [6, 6.07) is 10.8. The van der Waals surface area contributed by atoms with Crippen molar-refractivity contribution in [2.45, 2.75) is 51.8 Å². The molecule has 10 nitrogen and oxygen atoms in total. The summed E-state index contributed by atoms with van der Waals surface area (Å²) in [5.74, 6) is 0.245. The number of aryl methyl sites for hydroxylation is 1. The zero-order chi connectivity index (χ0) is 28.5. The van der Waals surface area contributed by atoms with Gasteiger partial charge in [0, 0.05) is 17.8 Å². The Kier molecular flexibility index (Phi) is 10.4. The molecule has 2 unspecified atom stereocenters. The van der Waals surface area contributed by atoms with Crippen LogP contribution >= 0.6 is 0 Å². The van der Waals surface area contributed by atoms with Crippen LogP contribution in [0.4, 0.5) is 10.5 Å². The molecule has 38 heavy (non-hydrogen) atoms. The second kappa shape index (κ2) is 13.3. The normalized spacial score (nSPS) is 12.4. The van der Waals surface area contributed by atoms with E-state index in [1.54, 1.807) is 57.2 Å². The van der Waals surface area contributed by atoms with E-state index in [0.29, 0.717) is 16.8 Å². The lowest BCUT2D eigenvalue weighted by Gasteiger charge is -2.34. The molecule has 202 valence electrons. The smallest absolute Gasteiger partial charge is 0.408 e. The van der Waals surface area contributed by atoms with Crippen LogP contribution in [0.1, 0.15) is 49.9 Å². The maximum Gasteiger partial charge on any atom is 0.408 e. The van der Waals surface area contributed by atoms with E-state index >= 15 is 0 Å². The molecule has 0 radical (unpaired) electrons. The number of hydrogen-bond donors (Lipinski definition) is 4. The number of anilines is 1. The Morgan fingerprint density at radius 1 is 1.11 bits per heavy atom. The standard InChI is InChI=1S/C28H34N4O6/c1-6-19-11-13-20(14-12-19)24(25(35)30-21-10-8-7-9-18(21)2)32(15-16-33)26(36)22(17-23(29)34)31-27(37)38-28(3,4)5/h1,7-14,22,24,33H,15-17H2,2-5H3,(H2,29,34)(H,30,35)(H,31,37). The van der Waals surface area contributed by atoms with E-state index in [4.69, 9.17) is 16.9 Å². The molecule has 0 bridgehead atoms. The molecule has 2 aromatic carbocycles. The molecule has 0 saturated carbocycles. The van der Waals surface area contributed by atoms with E-state index in [1.807, 2.05) is 19.1 Å². The average molecular weight is 523 g/mol. The zero-order valence-corrected chi connectivity index (χ0v) is 22.0. The van der Waals surface area contributed by atoms with Crippen LogP contribution in [0.3, 0.4) is 0 Å². The van der Waals surface area contributed by atoms with Crippen molar-refractivity contribution < 1.29 is 29.0 Å². The number of ether oxygens (including phenoxy) is 1. The van der Waals surface area contributed by atoms with Crippen molar-refractivity contribution in [3.63, 3.8) is 0 Å². The summed E-state index contributed by atoms with van der Waals surface area (Å²) in [5, 5.41) is 15.0. The van der Waals surface area contributed by atoms with Gasteiger partial charge in [-0.05, 0) is 57.0 Å². The van der Waals surface area contributed by atoms with Crippen LogP contribution in [0.15, 0.2) is 48.5 Å². The Hall–Kier alpha value is -4.36. The number of para-hydroxylation sites is 1. The van der Waals surface area contributed by atoms with Crippen molar-refractivity contribution in [3.8, 4) is 12.3 Å². The topological polar surface area (TPSA) is 151 Å². The SMILES string of the molecule is C#Cc1ccc(C(C(=O)Nc2ccccc2C)N(CCO)C(=O)C(CC(N)=O)NC(=O)OC(C)(C)C)cc1. The first-order chi connectivity index (χ1) is 17.9. The number of hydrogen-bond acceptors (Lipinski definition) is 6. The highest BCUT2D eigenvalue weighted by molar-refractivity contribution is 6.00. The molecule has 4 amide bonds. The largest absolute Gasteiger partial charge is 0.444 e. The minimum Gasteiger partial charge on any atom is -0.444 e. The number of primary amides is 1. The number of nitrogens with one attached hydrogen (secondary N) is 2. The van der Waals surface area contributed by atoms with Crippen LogP contribution < -0.4 is 16.4 Å². The van der Waals surface area contributed by atoms with Crippen molar-refractivity contribution in [3.05, 3.63) is 65.2 Å². The van der Waals surface area contributed by atoms with E-state index in [1.165, 1.54) is 0 Å². The molecular weight excluding hydrogens is 488 g/mol. The van der Waals surface area contributed by atoms with Gasteiger partial charge in [0.05, 0.1) is 13.0 Å². The van der Waals surface area contributed by atoms with Gasteiger partial charge in [0.15, 0.2) is 0 Å². The fourth-order valence-electron chi connectivity index (χ4n) is 3.67. The van der Waals surface area contributed by atoms with Crippen molar-refractivity contribution in [2.24, 2.45) is 5.73 Å². The maximum absolute atomic E-state index is 13.8. The number of rotatable bonds is 10. The van der Waals surface area contributed by atoms with E-state index < -0.39 is 54.5 Å². The van der Waals surface area contributed by atoms with Gasteiger partial charge in [-0.3, -0.25) is 14.4 Å². The fraction of sp³-hybridized carbons (Fsp3) is 0.357. The van der Waals surface area contributed by atoms with Crippen molar-refractivity contribution in [1.82, 2.24) is 10.2 Å². The molecule has 0 heterocycles. The third-order valence-corrected chi connectivity index (χ3v) is 5.37. The Bertz CT molecular complexity index is 1200. The van der Waals surface area contributed by atoms with Crippen LogP contribution in [0.25, 0.3) is 0 Å². The lowest BCUT2D eigenvalue weighted by Crippen LogP contribution is -2.54. The van der Waals surface area contributed by atoms with Gasteiger partial charge in [0.2, 0.25) is 11.8 Å². The molecular formula is C28H34N4O6. The molecule has 0 fully saturated rings. The molecule has 0 spiro atoms. The van der Waals surface area contributed by atoms with Crippen LogP contribution in [0, 0.1) is 19.3 Å². The van der Waals surface area contributed by atoms with Gasteiger partial charge in [-0.1, -0.05) is 36.3 Å². The lowest BCUT2D eigenvalue weighted by atomic mass is 10.0. The van der Waals surface area contributed by atoms with Gasteiger partial charge in [-0.25, -0.2) is 4.79 Å². The quantitative estimate of drug-likeness (QED) is 0.351. The third-order valence-electron chi connectivity index (χ3n) is 5.37. The molecule has 0 aliphatic heterocycles. The fourth-order valence-corrected chi connectivity index (χ4v) is 3.67. The number of amides is 4. The van der Waals surface area contributed by atoms with Crippen LogP contribution in [0.5, 0.6) is 0 Å². The Morgan fingerprint density at radius 2 is 1.74 bits per heavy atom. The van der Waals surface area contributed by atoms with Gasteiger partial charge in [0.25, 0.3) is 5.91 Å². The molecule has 0 aliphatic rings. The number of alkyl carbamates (subject to hydrolysis) is 1. The number of nitrogens with two attached hydrogens (primary N) is 1. The molecule has 10 heteroatoms. The highest BCUT2D eigenvalue weighted by Crippen LogP contribution is 2.26. The summed E-state index contributed by atoms with van der Waals surface area (Å²) in [6.45, 7) is 5.95. The number of benzene rings is 2. The van der Waals surface area contributed by atoms with Gasteiger partial charge >= 0.3 is 6.09 Å². The number of carbonyl (C=O) groups is 4. The minimum absolute atomic E-state index is 0.285. The summed E-state index contributed by atoms with van der Waals surface area (Å²) >= 11 is 0. The number of nitrogens with zero attached hydrogens (tertiary/aromatic N) is 1. The first kappa shape index (κ1) is 29.9. The summed E-state index contributed by atoms with van der Waals surface area (Å²) < 4.78 is 5.23. The van der Waals surface area contributed by atoms with Crippen molar-refractivity contribution in [2.75, 3.05) is 18.5 Å². The average Bonchev–Trinajstić information content (AvgIpc) is 2.83. The second-order valence-electron chi connectivity index (χ2n) is 9.60. The Morgan fingerprint density at radius 3 is 2.26 bits per heavy atom. The first-order valence-electron chi connectivity index (χ1n) is 12.0. The maximum atomic E-state index is 13.8. The number of aliphatic hydroxyl groups excluding tert-OH is 1. The molecule has 5 N–H and O–H groups in total. The molecule has 0 aromatic heterocycles. The van der Waals surface area contributed by atoms with Crippen LogP contribution in [-0.2, 0) is 19.1 Å². The Labute approximate surface area is 222 Å². The molecule has 2 atom stereocenters. The molecule has 0 aliphatic carbocycles. The molecule has 0 saturated heterocycles. The third kappa shape index (κ3) is 8.64. The molecule has 2 aromatic rings. The zero-order valence-electron chi connectivity index (χ0n) is 22.0. The number of terminal acetylenes is 1. The van der Waals surface area contributed by atoms with E-state index in [2.05, 4.69) is 16.6 Å². The van der Waals surface area contributed by atoms with Gasteiger partial charge < -0.3 is 31.1 Å². The second-order valence-corrected chi connectivity index (χ2v) is 9.60. The monoisotopic (exact) mass is 522 g/mol. The summed E-state index contributed by atoms with van der Waals surface area (Å²) in [6.07, 6.45) is 3.97. The van der Waals surface area contributed by atoms with Gasteiger partial charge in [0.1, 0.15) is 17.7 Å². The van der Waals surface area contributed by atoms with Crippen LogP contribution in [0.2, 0.25) is 0 Å².